The van der Waals surface area contributed by atoms with Crippen molar-refractivity contribution in [2.75, 3.05) is 11.9 Å². The van der Waals surface area contributed by atoms with Crippen LogP contribution >= 0.6 is 23.2 Å². The summed E-state index contributed by atoms with van der Waals surface area (Å²) in [6.45, 7) is 1.27. The zero-order valence-corrected chi connectivity index (χ0v) is 15.7. The molecule has 0 unspecified atom stereocenters. The van der Waals surface area contributed by atoms with Crippen LogP contribution in [0.2, 0.25) is 10.0 Å². The van der Waals surface area contributed by atoms with Crippen molar-refractivity contribution in [2.45, 2.75) is 36.6 Å². The third-order valence-corrected chi connectivity index (χ3v) is 5.61. The Bertz CT molecular complexity index is 798. The summed E-state index contributed by atoms with van der Waals surface area (Å²) in [5, 5.41) is 19.1. The maximum atomic E-state index is 12.7. The van der Waals surface area contributed by atoms with Gasteiger partial charge in [-0.3, -0.25) is 4.79 Å². The molecular weight excluding hydrogens is 424 g/mol. The first-order valence-corrected chi connectivity index (χ1v) is 9.11. The summed E-state index contributed by atoms with van der Waals surface area (Å²) in [4.78, 5) is 11.2. The lowest BCUT2D eigenvalue weighted by Gasteiger charge is -2.25. The third-order valence-electron chi connectivity index (χ3n) is 3.15. The van der Waals surface area contributed by atoms with E-state index in [9.17, 15) is 31.5 Å². The molecule has 0 bridgehead atoms. The fourth-order valence-electron chi connectivity index (χ4n) is 1.52. The van der Waals surface area contributed by atoms with Crippen LogP contribution in [0, 0.1) is 0 Å². The highest BCUT2D eigenvalue weighted by Crippen LogP contribution is 2.37. The molecule has 1 rings (SSSR count). The van der Waals surface area contributed by atoms with Crippen molar-refractivity contribution in [1.82, 2.24) is 4.72 Å². The van der Waals surface area contributed by atoms with E-state index >= 15 is 0 Å². The number of anilines is 1. The van der Waals surface area contributed by atoms with Crippen molar-refractivity contribution in [3.63, 3.8) is 0 Å². The fourth-order valence-corrected chi connectivity index (χ4v) is 3.46. The Morgan fingerprint density at radius 2 is 1.81 bits per heavy atom. The standard InChI is InChI=1S/C13H15Cl2F3N2O5S/c1-6(21)5-19-26(24,25)8-4-3-7(9(14)10(8)15)20-11(22)12(2,23)13(16,17)18/h3-4,6,19,21,23H,5H2,1-2H3,(H,20,22)/t6-,12+/m0/s1. The Morgan fingerprint density at radius 3 is 2.27 bits per heavy atom. The van der Waals surface area contributed by atoms with Crippen LogP contribution in [0.3, 0.4) is 0 Å². The SMILES string of the molecule is C[C@H](O)CNS(=O)(=O)c1ccc(NC(=O)[C@@](C)(O)C(F)(F)F)c(Cl)c1Cl. The van der Waals surface area contributed by atoms with Crippen LogP contribution in [-0.2, 0) is 14.8 Å². The van der Waals surface area contributed by atoms with Gasteiger partial charge in [0.2, 0.25) is 15.6 Å². The van der Waals surface area contributed by atoms with Crippen molar-refractivity contribution in [3.05, 3.63) is 22.2 Å². The van der Waals surface area contributed by atoms with Gasteiger partial charge in [-0.15, -0.1) is 0 Å². The Kier molecular flexibility index (Phi) is 6.94. The van der Waals surface area contributed by atoms with Crippen molar-refractivity contribution in [2.24, 2.45) is 0 Å². The van der Waals surface area contributed by atoms with Crippen molar-refractivity contribution in [3.8, 4) is 0 Å². The number of carbonyl (C=O) groups is 1. The summed E-state index contributed by atoms with van der Waals surface area (Å²) in [5.74, 6) is -1.83. The van der Waals surface area contributed by atoms with Crippen LogP contribution in [0.1, 0.15) is 13.8 Å². The van der Waals surface area contributed by atoms with E-state index in [1.54, 1.807) is 5.32 Å². The van der Waals surface area contributed by atoms with E-state index in [0.717, 1.165) is 12.1 Å². The molecule has 0 aliphatic rings. The number of sulfonamides is 1. The molecule has 2 atom stereocenters. The maximum Gasteiger partial charge on any atom is 0.426 e. The zero-order valence-electron chi connectivity index (χ0n) is 13.4. The summed E-state index contributed by atoms with van der Waals surface area (Å²) in [5.41, 5.74) is -4.13. The second-order valence-electron chi connectivity index (χ2n) is 5.46. The summed E-state index contributed by atoms with van der Waals surface area (Å²) >= 11 is 11.7. The highest BCUT2D eigenvalue weighted by molar-refractivity contribution is 7.89. The first-order valence-electron chi connectivity index (χ1n) is 6.87. The Balaban J connectivity index is 3.17. The van der Waals surface area contributed by atoms with Gasteiger partial charge in [0.25, 0.3) is 5.91 Å². The van der Waals surface area contributed by atoms with Crippen molar-refractivity contribution < 1.29 is 36.6 Å². The first-order chi connectivity index (χ1) is 11.6. The van der Waals surface area contributed by atoms with Gasteiger partial charge in [-0.2, -0.15) is 13.2 Å². The molecule has 4 N–H and O–H groups in total. The monoisotopic (exact) mass is 438 g/mol. The number of rotatable bonds is 6. The van der Waals surface area contributed by atoms with Gasteiger partial charge in [0.1, 0.15) is 4.90 Å². The maximum absolute atomic E-state index is 12.7. The van der Waals surface area contributed by atoms with E-state index in [-0.39, 0.29) is 13.5 Å². The molecule has 1 aromatic carbocycles. The largest absolute Gasteiger partial charge is 0.426 e. The highest BCUT2D eigenvalue weighted by Gasteiger charge is 2.55. The molecule has 1 amide bonds. The lowest BCUT2D eigenvalue weighted by Crippen LogP contribution is -2.52. The van der Waals surface area contributed by atoms with Crippen LogP contribution in [0.25, 0.3) is 0 Å². The van der Waals surface area contributed by atoms with E-state index in [2.05, 4.69) is 4.72 Å². The average Bonchev–Trinajstić information content (AvgIpc) is 2.48. The number of aliphatic hydroxyl groups excluding tert-OH is 1. The van der Waals surface area contributed by atoms with E-state index in [1.807, 2.05) is 0 Å². The molecule has 0 heterocycles. The molecule has 0 saturated carbocycles. The van der Waals surface area contributed by atoms with Crippen molar-refractivity contribution >= 4 is 44.8 Å². The average molecular weight is 439 g/mol. The number of carbonyl (C=O) groups excluding carboxylic acids is 1. The predicted octanol–water partition coefficient (Wildman–Crippen LogP) is 1.90. The van der Waals surface area contributed by atoms with Crippen LogP contribution in [-0.4, -0.2) is 49.0 Å². The minimum atomic E-state index is -5.25. The van der Waals surface area contributed by atoms with Crippen LogP contribution in [0.4, 0.5) is 18.9 Å². The predicted molar refractivity (Wildman–Crippen MR) is 88.6 cm³/mol. The lowest BCUT2D eigenvalue weighted by molar-refractivity contribution is -0.242. The number of alkyl halides is 3. The van der Waals surface area contributed by atoms with E-state index in [0.29, 0.717) is 0 Å². The van der Waals surface area contributed by atoms with Gasteiger partial charge in [0.15, 0.2) is 0 Å². The number of nitrogens with one attached hydrogen (secondary N) is 2. The number of hydrogen-bond donors (Lipinski definition) is 4. The first kappa shape index (κ1) is 22.9. The molecule has 13 heteroatoms. The minimum Gasteiger partial charge on any atom is -0.392 e. The molecular formula is C13H15Cl2F3N2O5S. The van der Waals surface area contributed by atoms with E-state index < -0.39 is 54.4 Å². The molecule has 26 heavy (non-hydrogen) atoms. The molecule has 0 saturated heterocycles. The number of halogens is 5. The topological polar surface area (TPSA) is 116 Å². The molecule has 148 valence electrons. The lowest BCUT2D eigenvalue weighted by atomic mass is 10.1. The van der Waals surface area contributed by atoms with Gasteiger partial charge in [0, 0.05) is 6.54 Å². The van der Waals surface area contributed by atoms with Crippen LogP contribution in [0.5, 0.6) is 0 Å². The number of aliphatic hydroxyl groups is 2. The summed E-state index contributed by atoms with van der Waals surface area (Å²) < 4.78 is 64.2. The van der Waals surface area contributed by atoms with E-state index in [1.165, 1.54) is 6.92 Å². The normalized spacial score (nSPS) is 16.0. The molecule has 0 radical (unpaired) electrons. The Hall–Kier alpha value is -1.11. The Labute approximate surface area is 157 Å². The van der Waals surface area contributed by atoms with Gasteiger partial charge in [-0.25, -0.2) is 13.1 Å². The smallest absolute Gasteiger partial charge is 0.392 e. The van der Waals surface area contributed by atoms with Crippen molar-refractivity contribution in [1.29, 1.82) is 0 Å². The second-order valence-corrected chi connectivity index (χ2v) is 7.96. The number of amides is 1. The number of hydrogen-bond acceptors (Lipinski definition) is 5. The molecule has 0 spiro atoms. The summed E-state index contributed by atoms with van der Waals surface area (Å²) in [7, 11) is -4.17. The van der Waals surface area contributed by atoms with Gasteiger partial charge < -0.3 is 15.5 Å². The molecule has 0 aliphatic heterocycles. The molecule has 0 aromatic heterocycles. The molecule has 0 aliphatic carbocycles. The third kappa shape index (κ3) is 4.99. The van der Waals surface area contributed by atoms with Gasteiger partial charge in [-0.05, 0) is 26.0 Å². The number of benzene rings is 1. The van der Waals surface area contributed by atoms with Gasteiger partial charge in [-0.1, -0.05) is 23.2 Å². The summed E-state index contributed by atoms with van der Waals surface area (Å²) in [6.07, 6.45) is -6.23. The molecule has 1 aromatic rings. The second kappa shape index (κ2) is 7.87. The van der Waals surface area contributed by atoms with Crippen LogP contribution in [0.15, 0.2) is 17.0 Å². The fraction of sp³-hybridized carbons (Fsp3) is 0.462. The minimum absolute atomic E-state index is 0.247. The Morgan fingerprint density at radius 1 is 1.27 bits per heavy atom. The van der Waals surface area contributed by atoms with Gasteiger partial charge in [0.05, 0.1) is 21.8 Å². The van der Waals surface area contributed by atoms with E-state index in [4.69, 9.17) is 28.3 Å². The quantitative estimate of drug-likeness (QED) is 0.541. The van der Waals surface area contributed by atoms with Crippen LogP contribution < -0.4 is 10.0 Å². The molecule has 0 fully saturated rings. The molecule has 7 nitrogen and oxygen atoms in total. The zero-order chi connectivity index (χ0) is 20.5. The summed E-state index contributed by atoms with van der Waals surface area (Å²) in [6, 6.07) is 1.81. The highest BCUT2D eigenvalue weighted by atomic mass is 35.5. The van der Waals surface area contributed by atoms with Gasteiger partial charge >= 0.3 is 6.18 Å².